The average molecular weight is 539 g/mol. The Morgan fingerprint density at radius 3 is 2.49 bits per heavy atom. The average Bonchev–Trinajstić information content (AvgIpc) is 2.91. The zero-order valence-corrected chi connectivity index (χ0v) is 21.1. The third-order valence-corrected chi connectivity index (χ3v) is 5.60. The van der Waals surface area contributed by atoms with E-state index in [2.05, 4.69) is 36.0 Å². The molecule has 0 aliphatic carbocycles. The number of carbonyl (C=O) groups is 3. The number of rotatable bonds is 12. The van der Waals surface area contributed by atoms with Crippen molar-refractivity contribution >= 4 is 46.4 Å². The van der Waals surface area contributed by atoms with Crippen LogP contribution in [-0.4, -0.2) is 62.5 Å². The fourth-order valence-corrected chi connectivity index (χ4v) is 3.48. The third kappa shape index (κ3) is 7.62. The lowest BCUT2D eigenvalue weighted by atomic mass is 10.1. The van der Waals surface area contributed by atoms with Gasteiger partial charge in [0.15, 0.2) is 17.0 Å². The topological polar surface area (TPSA) is 266 Å². The van der Waals surface area contributed by atoms with Crippen molar-refractivity contribution < 1.29 is 19.5 Å². The van der Waals surface area contributed by atoms with E-state index in [-0.39, 0.29) is 36.7 Å². The maximum absolute atomic E-state index is 12.7. The fourth-order valence-electron chi connectivity index (χ4n) is 3.48. The van der Waals surface area contributed by atoms with Gasteiger partial charge in [-0.15, -0.1) is 0 Å². The van der Waals surface area contributed by atoms with E-state index < -0.39 is 23.8 Å². The normalized spacial score (nSPS) is 12.0. The Labute approximate surface area is 222 Å². The first-order chi connectivity index (χ1) is 18.6. The number of nitrogens with one attached hydrogen (secondary N) is 3. The Balaban J connectivity index is 1.58. The Hall–Kier alpha value is -5.25. The van der Waals surface area contributed by atoms with Crippen LogP contribution in [0.3, 0.4) is 0 Å². The second-order valence-electron chi connectivity index (χ2n) is 8.42. The lowest BCUT2D eigenvalue weighted by molar-refractivity contribution is -0.139. The lowest BCUT2D eigenvalue weighted by Crippen LogP contribution is -2.42. The molecule has 3 rings (SSSR count). The number of aromatic nitrogens is 4. The summed E-state index contributed by atoms with van der Waals surface area (Å²) in [5.74, 6) is 3.11. The number of nitrogen functional groups attached to an aromatic ring is 2. The van der Waals surface area contributed by atoms with Crippen molar-refractivity contribution in [1.29, 1.82) is 0 Å². The summed E-state index contributed by atoms with van der Waals surface area (Å²) in [4.78, 5) is 54.8. The van der Waals surface area contributed by atoms with Crippen LogP contribution in [0, 0.1) is 0 Å². The summed E-state index contributed by atoms with van der Waals surface area (Å²) in [7, 11) is 1.82. The van der Waals surface area contributed by atoms with Crippen molar-refractivity contribution in [3.63, 3.8) is 0 Å². The summed E-state index contributed by atoms with van der Waals surface area (Å²) in [6.45, 7) is 0.424. The van der Waals surface area contributed by atoms with Crippen LogP contribution >= 0.6 is 0 Å². The predicted octanol–water partition coefficient (Wildman–Crippen LogP) is -1.44. The van der Waals surface area contributed by atoms with E-state index in [0.717, 1.165) is 5.69 Å². The molecule has 3 aromatic rings. The van der Waals surface area contributed by atoms with Gasteiger partial charge in [0, 0.05) is 30.9 Å². The molecule has 2 aromatic heterocycles. The molecule has 0 radical (unpaired) electrons. The number of nitrogens with zero attached hydrogens (tertiary/aromatic N) is 5. The Bertz CT molecular complexity index is 1380. The highest BCUT2D eigenvalue weighted by molar-refractivity contribution is 5.97. The van der Waals surface area contributed by atoms with E-state index in [1.165, 1.54) is 6.20 Å². The number of nitrogens with two attached hydrogens (primary N) is 4. The fraction of sp³-hybridized carbons (Fsp3) is 0.261. The Morgan fingerprint density at radius 1 is 1.13 bits per heavy atom. The minimum Gasteiger partial charge on any atom is -0.480 e. The van der Waals surface area contributed by atoms with Crippen LogP contribution in [0.1, 0.15) is 28.9 Å². The lowest BCUT2D eigenvalue weighted by Gasteiger charge is -2.19. The maximum atomic E-state index is 12.7. The minimum atomic E-state index is -1.26. The minimum absolute atomic E-state index is 0.0126. The van der Waals surface area contributed by atoms with Crippen LogP contribution in [0.25, 0.3) is 11.2 Å². The molecule has 16 heteroatoms. The number of amides is 2. The quantitative estimate of drug-likeness (QED) is 0.0969. The van der Waals surface area contributed by atoms with Crippen LogP contribution in [0.2, 0.25) is 0 Å². The molecule has 2 heterocycles. The van der Waals surface area contributed by atoms with Gasteiger partial charge in [-0.05, 0) is 30.7 Å². The summed E-state index contributed by atoms with van der Waals surface area (Å²) < 4.78 is 0. The van der Waals surface area contributed by atoms with Gasteiger partial charge in [-0.1, -0.05) is 0 Å². The van der Waals surface area contributed by atoms with Crippen LogP contribution in [0.15, 0.2) is 42.4 Å². The standard InChI is InChI=1S/C23H30N12O4/c1-35(11-14-10-29-20-18(30-14)19(25)32-23(26)33-20)15-4-2-12(3-5-15)21(37)31-16(22(38)39)6-7-17(36)28-9-13(8-24)34-27/h2-5,8,10,16,34H,6-7,9,11,24,27H2,1H3,(H,28,36)(H,31,37)(H,38,39)(H4,25,26,29,32,33)/b13-8-. The number of carboxylic acids is 1. The second kappa shape index (κ2) is 12.8. The van der Waals surface area contributed by atoms with Gasteiger partial charge in [-0.25, -0.2) is 14.8 Å². The van der Waals surface area contributed by atoms with Crippen molar-refractivity contribution in [2.75, 3.05) is 30.0 Å². The highest BCUT2D eigenvalue weighted by Crippen LogP contribution is 2.19. The molecule has 0 aliphatic rings. The van der Waals surface area contributed by atoms with Crippen molar-refractivity contribution in [3.8, 4) is 0 Å². The number of carboxylic acid groups (broad SMARTS) is 1. The summed E-state index contributed by atoms with van der Waals surface area (Å²) in [5, 5.41) is 14.5. The number of hydrogen-bond donors (Lipinski definition) is 8. The van der Waals surface area contributed by atoms with E-state index >= 15 is 0 Å². The molecular formula is C23H30N12O4. The zero-order valence-electron chi connectivity index (χ0n) is 21.1. The molecule has 1 unspecified atom stereocenters. The Morgan fingerprint density at radius 2 is 1.85 bits per heavy atom. The first kappa shape index (κ1) is 28.3. The first-order valence-electron chi connectivity index (χ1n) is 11.6. The second-order valence-corrected chi connectivity index (χ2v) is 8.42. The molecule has 206 valence electrons. The molecule has 1 aromatic carbocycles. The highest BCUT2D eigenvalue weighted by Gasteiger charge is 2.22. The summed E-state index contributed by atoms with van der Waals surface area (Å²) in [6, 6.07) is 5.28. The molecule has 0 bridgehead atoms. The zero-order chi connectivity index (χ0) is 28.5. The van der Waals surface area contributed by atoms with Crippen molar-refractivity contribution in [2.45, 2.75) is 25.4 Å². The summed E-state index contributed by atoms with van der Waals surface area (Å²) in [5.41, 5.74) is 21.8. The van der Waals surface area contributed by atoms with Crippen LogP contribution in [0.4, 0.5) is 17.5 Å². The van der Waals surface area contributed by atoms with Gasteiger partial charge < -0.3 is 43.3 Å². The monoisotopic (exact) mass is 538 g/mol. The number of aliphatic carboxylic acids is 1. The smallest absolute Gasteiger partial charge is 0.326 e. The van der Waals surface area contributed by atoms with E-state index in [0.29, 0.717) is 29.1 Å². The van der Waals surface area contributed by atoms with E-state index in [1.54, 1.807) is 30.5 Å². The number of carbonyl (C=O) groups excluding carboxylic acids is 2. The third-order valence-electron chi connectivity index (χ3n) is 5.60. The van der Waals surface area contributed by atoms with E-state index in [9.17, 15) is 19.5 Å². The molecule has 0 saturated heterocycles. The van der Waals surface area contributed by atoms with Gasteiger partial charge in [-0.3, -0.25) is 15.4 Å². The first-order valence-corrected chi connectivity index (χ1v) is 11.6. The van der Waals surface area contributed by atoms with Crippen LogP contribution < -0.4 is 44.0 Å². The molecule has 16 nitrogen and oxygen atoms in total. The molecule has 1 atom stereocenters. The van der Waals surface area contributed by atoms with Crippen molar-refractivity contribution in [3.05, 3.63) is 53.6 Å². The van der Waals surface area contributed by atoms with Crippen molar-refractivity contribution in [2.24, 2.45) is 11.6 Å². The molecule has 0 aliphatic heterocycles. The molecule has 0 spiro atoms. The number of fused-ring (bicyclic) bond motifs is 1. The van der Waals surface area contributed by atoms with Gasteiger partial charge in [-0.2, -0.15) is 9.97 Å². The number of benzene rings is 1. The molecule has 0 fully saturated rings. The molecule has 0 saturated carbocycles. The van der Waals surface area contributed by atoms with E-state index in [1.807, 2.05) is 11.9 Å². The highest BCUT2D eigenvalue weighted by atomic mass is 16.4. The SMILES string of the molecule is CN(Cc1cnc2nc(N)nc(N)c2n1)c1ccc(C(=O)NC(CCC(=O)NC/C(=C/N)NN)C(=O)O)cc1. The molecule has 12 N–H and O–H groups in total. The van der Waals surface area contributed by atoms with Gasteiger partial charge in [0.25, 0.3) is 5.91 Å². The summed E-state index contributed by atoms with van der Waals surface area (Å²) in [6.07, 6.45) is 2.51. The van der Waals surface area contributed by atoms with Crippen molar-refractivity contribution in [1.82, 2.24) is 36.0 Å². The molecule has 2 amide bonds. The summed E-state index contributed by atoms with van der Waals surface area (Å²) >= 11 is 0. The predicted molar refractivity (Wildman–Crippen MR) is 143 cm³/mol. The van der Waals surface area contributed by atoms with Gasteiger partial charge in [0.2, 0.25) is 11.9 Å². The maximum Gasteiger partial charge on any atom is 0.326 e. The molecule has 39 heavy (non-hydrogen) atoms. The number of hydrazine groups is 1. The van der Waals surface area contributed by atoms with Gasteiger partial charge >= 0.3 is 5.97 Å². The van der Waals surface area contributed by atoms with Crippen LogP contribution in [-0.2, 0) is 16.1 Å². The van der Waals surface area contributed by atoms with E-state index in [4.69, 9.17) is 23.0 Å². The Kier molecular flexibility index (Phi) is 9.31. The van der Waals surface area contributed by atoms with Crippen LogP contribution in [0.5, 0.6) is 0 Å². The number of hydrogen-bond acceptors (Lipinski definition) is 13. The van der Waals surface area contributed by atoms with Gasteiger partial charge in [0.05, 0.1) is 30.7 Å². The number of anilines is 3. The largest absolute Gasteiger partial charge is 0.480 e. The molecular weight excluding hydrogens is 508 g/mol. The van der Waals surface area contributed by atoms with Gasteiger partial charge in [0.1, 0.15) is 6.04 Å².